The molecule has 4 nitrogen and oxygen atoms in total. The molecule has 0 amide bonds. The fourth-order valence-corrected chi connectivity index (χ4v) is 1.22. The topological polar surface area (TPSA) is 43.6 Å². The third kappa shape index (κ3) is 1.67. The maximum atomic E-state index is 13.2. The highest BCUT2D eigenvalue weighted by Gasteiger charge is 2.15. The molecule has 0 aliphatic carbocycles. The maximum absolute atomic E-state index is 13.2. The first-order valence-electron chi connectivity index (χ1n) is 3.72. The monoisotopic (exact) mass is 232 g/mol. The van der Waals surface area contributed by atoms with Crippen LogP contribution in [0.25, 0.3) is 5.69 Å². The third-order valence-corrected chi connectivity index (χ3v) is 1.93. The first kappa shape index (κ1) is 9.97. The second-order valence-electron chi connectivity index (χ2n) is 2.61. The Bertz CT molecular complexity index is 513. The van der Waals surface area contributed by atoms with E-state index >= 15 is 0 Å². The molecule has 1 aromatic carbocycles. The van der Waals surface area contributed by atoms with Crippen molar-refractivity contribution in [1.29, 1.82) is 0 Å². The SMILES string of the molecule is Fc1cc(F)c(F)c(-n2nnnc2S)c1. The summed E-state index contributed by atoms with van der Waals surface area (Å²) in [6, 6.07) is 1.20. The van der Waals surface area contributed by atoms with E-state index in [-0.39, 0.29) is 5.16 Å². The number of thiol groups is 1. The molecule has 0 unspecified atom stereocenters. The van der Waals surface area contributed by atoms with E-state index in [4.69, 9.17) is 0 Å². The molecule has 0 N–H and O–H groups in total. The standard InChI is InChI=1S/C7H3F3N4S/c8-3-1-4(9)6(10)5(2-3)14-7(15)11-12-13-14/h1-2H,(H,11,13,15). The summed E-state index contributed by atoms with van der Waals surface area (Å²) in [5.74, 6) is -3.47. The normalized spacial score (nSPS) is 10.7. The van der Waals surface area contributed by atoms with E-state index in [0.29, 0.717) is 6.07 Å². The number of nitrogens with zero attached hydrogens (tertiary/aromatic N) is 4. The molecule has 78 valence electrons. The van der Waals surface area contributed by atoms with Crippen molar-refractivity contribution in [3.8, 4) is 5.69 Å². The van der Waals surface area contributed by atoms with Crippen molar-refractivity contribution in [3.05, 3.63) is 29.6 Å². The molecule has 0 spiro atoms. The van der Waals surface area contributed by atoms with Crippen molar-refractivity contribution in [2.24, 2.45) is 0 Å². The molecule has 0 saturated carbocycles. The molecule has 1 aromatic heterocycles. The van der Waals surface area contributed by atoms with Gasteiger partial charge in [-0.25, -0.2) is 13.2 Å². The molecule has 0 fully saturated rings. The summed E-state index contributed by atoms with van der Waals surface area (Å²) < 4.78 is 39.7. The van der Waals surface area contributed by atoms with Crippen LogP contribution in [0.5, 0.6) is 0 Å². The van der Waals surface area contributed by atoms with E-state index in [9.17, 15) is 13.2 Å². The predicted octanol–water partition coefficient (Wildman–Crippen LogP) is 1.37. The zero-order chi connectivity index (χ0) is 11.0. The number of aromatic nitrogens is 4. The van der Waals surface area contributed by atoms with Crippen LogP contribution in [0, 0.1) is 17.5 Å². The fourth-order valence-electron chi connectivity index (χ4n) is 1.03. The third-order valence-electron chi connectivity index (χ3n) is 1.66. The molecule has 0 bridgehead atoms. The number of benzene rings is 1. The molecule has 0 aliphatic rings. The summed E-state index contributed by atoms with van der Waals surface area (Å²) in [6.07, 6.45) is 0. The minimum Gasteiger partial charge on any atom is -0.207 e. The Balaban J connectivity index is 2.68. The van der Waals surface area contributed by atoms with Gasteiger partial charge in [0.25, 0.3) is 0 Å². The minimum atomic E-state index is -1.31. The number of tetrazole rings is 1. The molecular formula is C7H3F3N4S. The molecular weight excluding hydrogens is 229 g/mol. The molecule has 2 rings (SSSR count). The van der Waals surface area contributed by atoms with E-state index in [1.165, 1.54) is 0 Å². The first-order valence-corrected chi connectivity index (χ1v) is 4.16. The molecule has 0 saturated heterocycles. The van der Waals surface area contributed by atoms with Gasteiger partial charge in [0.1, 0.15) is 11.5 Å². The van der Waals surface area contributed by atoms with E-state index < -0.39 is 23.1 Å². The second kappa shape index (κ2) is 3.54. The van der Waals surface area contributed by atoms with Crippen LogP contribution in [0.2, 0.25) is 0 Å². The Hall–Kier alpha value is -1.57. The van der Waals surface area contributed by atoms with E-state index in [2.05, 4.69) is 28.2 Å². The summed E-state index contributed by atoms with van der Waals surface area (Å²) in [6.45, 7) is 0. The molecule has 2 aromatic rings. The van der Waals surface area contributed by atoms with Gasteiger partial charge in [-0.05, 0) is 10.4 Å². The average molecular weight is 232 g/mol. The van der Waals surface area contributed by atoms with Gasteiger partial charge >= 0.3 is 0 Å². The fraction of sp³-hybridized carbons (Fsp3) is 0. The van der Waals surface area contributed by atoms with Crippen molar-refractivity contribution in [2.75, 3.05) is 0 Å². The maximum Gasteiger partial charge on any atom is 0.211 e. The summed E-state index contributed by atoms with van der Waals surface area (Å²) in [7, 11) is 0. The summed E-state index contributed by atoms with van der Waals surface area (Å²) in [4.78, 5) is 0. The van der Waals surface area contributed by atoms with Crippen LogP contribution < -0.4 is 0 Å². The lowest BCUT2D eigenvalue weighted by atomic mass is 10.3. The van der Waals surface area contributed by atoms with Crippen LogP contribution in [-0.4, -0.2) is 20.2 Å². The quantitative estimate of drug-likeness (QED) is 0.596. The molecule has 8 heteroatoms. The van der Waals surface area contributed by atoms with Crippen LogP contribution in [0.1, 0.15) is 0 Å². The van der Waals surface area contributed by atoms with E-state index in [1.807, 2.05) is 0 Å². The number of hydrogen-bond acceptors (Lipinski definition) is 4. The number of hydrogen-bond donors (Lipinski definition) is 1. The van der Waals surface area contributed by atoms with Crippen LogP contribution in [0.15, 0.2) is 17.3 Å². The summed E-state index contributed by atoms with van der Waals surface area (Å²) >= 11 is 3.79. The average Bonchev–Trinajstić information content (AvgIpc) is 2.58. The van der Waals surface area contributed by atoms with Crippen molar-refractivity contribution in [1.82, 2.24) is 20.2 Å². The molecule has 1 heterocycles. The van der Waals surface area contributed by atoms with Crippen molar-refractivity contribution >= 4 is 12.6 Å². The van der Waals surface area contributed by atoms with Crippen molar-refractivity contribution < 1.29 is 13.2 Å². The van der Waals surface area contributed by atoms with Gasteiger partial charge in [-0.2, -0.15) is 4.68 Å². The van der Waals surface area contributed by atoms with Crippen LogP contribution in [0.3, 0.4) is 0 Å². The van der Waals surface area contributed by atoms with Crippen molar-refractivity contribution in [2.45, 2.75) is 5.16 Å². The predicted molar refractivity (Wildman–Crippen MR) is 46.3 cm³/mol. The lowest BCUT2D eigenvalue weighted by molar-refractivity contribution is 0.484. The van der Waals surface area contributed by atoms with Crippen LogP contribution in [-0.2, 0) is 0 Å². The highest BCUT2D eigenvalue weighted by molar-refractivity contribution is 7.80. The Labute approximate surface area is 87.1 Å². The van der Waals surface area contributed by atoms with Gasteiger partial charge in [-0.1, -0.05) is 0 Å². The molecule has 0 atom stereocenters. The summed E-state index contributed by atoms with van der Waals surface area (Å²) in [5.41, 5.74) is -0.428. The zero-order valence-corrected chi connectivity index (χ0v) is 7.92. The molecule has 0 aliphatic heterocycles. The highest BCUT2D eigenvalue weighted by atomic mass is 32.1. The Morgan fingerprint density at radius 2 is 1.93 bits per heavy atom. The van der Waals surface area contributed by atoms with Gasteiger partial charge in [-0.3, -0.25) is 0 Å². The van der Waals surface area contributed by atoms with Gasteiger partial charge in [-0.15, -0.1) is 17.7 Å². The minimum absolute atomic E-state index is 0.0705. The number of rotatable bonds is 1. The smallest absolute Gasteiger partial charge is 0.207 e. The Kier molecular flexibility index (Phi) is 2.35. The van der Waals surface area contributed by atoms with Crippen LogP contribution in [0.4, 0.5) is 13.2 Å². The van der Waals surface area contributed by atoms with Crippen molar-refractivity contribution in [3.63, 3.8) is 0 Å². The van der Waals surface area contributed by atoms with Gasteiger partial charge in [0.2, 0.25) is 5.16 Å². The van der Waals surface area contributed by atoms with Gasteiger partial charge in [0.05, 0.1) is 0 Å². The largest absolute Gasteiger partial charge is 0.211 e. The molecule has 0 radical (unpaired) electrons. The lowest BCUT2D eigenvalue weighted by Gasteiger charge is -2.03. The first-order chi connectivity index (χ1) is 7.09. The van der Waals surface area contributed by atoms with Gasteiger partial charge in [0.15, 0.2) is 11.6 Å². The van der Waals surface area contributed by atoms with Crippen LogP contribution >= 0.6 is 12.6 Å². The highest BCUT2D eigenvalue weighted by Crippen LogP contribution is 2.19. The van der Waals surface area contributed by atoms with Gasteiger partial charge in [0, 0.05) is 12.1 Å². The lowest BCUT2D eigenvalue weighted by Crippen LogP contribution is -2.03. The second-order valence-corrected chi connectivity index (χ2v) is 3.01. The van der Waals surface area contributed by atoms with Gasteiger partial charge < -0.3 is 0 Å². The number of halogens is 3. The Morgan fingerprint density at radius 1 is 1.20 bits per heavy atom. The van der Waals surface area contributed by atoms with E-state index in [1.54, 1.807) is 0 Å². The zero-order valence-electron chi connectivity index (χ0n) is 7.02. The van der Waals surface area contributed by atoms with E-state index in [0.717, 1.165) is 10.7 Å². The molecule has 15 heavy (non-hydrogen) atoms. The summed E-state index contributed by atoms with van der Waals surface area (Å²) in [5, 5.41) is 9.79. The Morgan fingerprint density at radius 3 is 2.53 bits per heavy atom.